The summed E-state index contributed by atoms with van der Waals surface area (Å²) in [6, 6.07) is 5.41. The van der Waals surface area contributed by atoms with Gasteiger partial charge in [0.05, 0.1) is 14.9 Å². The quantitative estimate of drug-likeness (QED) is 0.892. The minimum atomic E-state index is -0.267. The maximum atomic E-state index is 11.7. The van der Waals surface area contributed by atoms with Gasteiger partial charge in [0.2, 0.25) is 0 Å². The largest absolute Gasteiger partial charge is 0.305 e. The van der Waals surface area contributed by atoms with Gasteiger partial charge in [-0.2, -0.15) is 10.4 Å². The second-order valence-corrected chi connectivity index (χ2v) is 5.29. The van der Waals surface area contributed by atoms with E-state index in [1.807, 2.05) is 6.07 Å². The number of halogens is 1. The van der Waals surface area contributed by atoms with Crippen molar-refractivity contribution in [3.8, 4) is 6.07 Å². The van der Waals surface area contributed by atoms with Crippen LogP contribution in [0.2, 0.25) is 0 Å². The smallest absolute Gasteiger partial charge is 0.266 e. The zero-order chi connectivity index (χ0) is 11.5. The zero-order valence-corrected chi connectivity index (χ0v) is 10.2. The van der Waals surface area contributed by atoms with Crippen LogP contribution in [-0.2, 0) is 0 Å². The van der Waals surface area contributed by atoms with E-state index in [0.717, 1.165) is 3.79 Å². The van der Waals surface area contributed by atoms with Gasteiger partial charge in [-0.15, -0.1) is 11.3 Å². The first kappa shape index (κ1) is 10.9. The van der Waals surface area contributed by atoms with E-state index >= 15 is 0 Å². The number of carbonyl (C=O) groups is 1. The van der Waals surface area contributed by atoms with Gasteiger partial charge in [0.15, 0.2) is 0 Å². The van der Waals surface area contributed by atoms with E-state index in [1.54, 1.807) is 12.1 Å². The van der Waals surface area contributed by atoms with E-state index in [1.165, 1.54) is 17.5 Å². The van der Waals surface area contributed by atoms with Crippen molar-refractivity contribution in [1.29, 1.82) is 5.26 Å². The summed E-state index contributed by atoms with van der Waals surface area (Å²) in [4.78, 5) is 12.3. The van der Waals surface area contributed by atoms with E-state index in [2.05, 4.69) is 31.4 Å². The number of carbonyl (C=O) groups excluding carboxylic acids is 1. The molecule has 0 aliphatic rings. The minimum Gasteiger partial charge on any atom is -0.305 e. The Labute approximate surface area is 103 Å². The molecular weight excluding hydrogens is 292 g/mol. The molecule has 0 unspecified atom stereocenters. The molecule has 0 atom stereocenters. The number of nitrogens with one attached hydrogen (secondary N) is 2. The lowest BCUT2D eigenvalue weighted by Gasteiger charge is -1.99. The first-order valence-corrected chi connectivity index (χ1v) is 5.82. The van der Waals surface area contributed by atoms with Crippen LogP contribution in [0.4, 0.5) is 5.82 Å². The molecule has 0 bridgehead atoms. The highest BCUT2D eigenvalue weighted by molar-refractivity contribution is 9.11. The fourth-order valence-electron chi connectivity index (χ4n) is 1.08. The third-order valence-electron chi connectivity index (χ3n) is 1.80. The lowest BCUT2D eigenvalue weighted by atomic mass is 10.3. The van der Waals surface area contributed by atoms with Crippen molar-refractivity contribution in [1.82, 2.24) is 10.2 Å². The predicted octanol–water partition coefficient (Wildman–Crippen LogP) is 2.36. The van der Waals surface area contributed by atoms with Crippen LogP contribution in [0.3, 0.4) is 0 Å². The molecule has 0 aliphatic carbocycles. The number of nitrogens with zero attached hydrogens (tertiary/aromatic N) is 2. The number of amides is 1. The Hall–Kier alpha value is -1.65. The molecule has 0 fully saturated rings. The lowest BCUT2D eigenvalue weighted by molar-refractivity contribution is 0.103. The number of rotatable bonds is 2. The summed E-state index contributed by atoms with van der Waals surface area (Å²) >= 11 is 4.59. The number of hydrogen-bond donors (Lipinski definition) is 2. The number of anilines is 1. The van der Waals surface area contributed by atoms with Crippen LogP contribution in [0, 0.1) is 11.3 Å². The van der Waals surface area contributed by atoms with E-state index in [9.17, 15) is 4.79 Å². The summed E-state index contributed by atoms with van der Waals surface area (Å²) in [5, 5.41) is 17.5. The molecular formula is C9H5BrN4OS. The molecule has 0 aliphatic heterocycles. The summed E-state index contributed by atoms with van der Waals surface area (Å²) < 4.78 is 0.878. The third-order valence-corrected chi connectivity index (χ3v) is 3.42. The van der Waals surface area contributed by atoms with Crippen LogP contribution in [0.5, 0.6) is 0 Å². The number of aromatic nitrogens is 2. The predicted molar refractivity (Wildman–Crippen MR) is 63.3 cm³/mol. The number of H-pyrrole nitrogens is 1. The van der Waals surface area contributed by atoms with Crippen molar-refractivity contribution in [3.05, 3.63) is 32.6 Å². The Bertz CT molecular complexity index is 568. The van der Waals surface area contributed by atoms with Crippen LogP contribution in [0.25, 0.3) is 0 Å². The molecule has 2 aromatic rings. The van der Waals surface area contributed by atoms with E-state index in [4.69, 9.17) is 5.26 Å². The standard InChI is InChI=1S/C9H5BrN4OS/c10-7-2-1-6(16-7)9(15)13-8-5(3-11)4-12-14-8/h1-2,4H,(H2,12,13,14,15). The van der Waals surface area contributed by atoms with Gasteiger partial charge in [0, 0.05) is 0 Å². The minimum absolute atomic E-state index is 0.267. The topological polar surface area (TPSA) is 81.6 Å². The molecule has 5 nitrogen and oxygen atoms in total. The molecule has 2 rings (SSSR count). The van der Waals surface area contributed by atoms with Gasteiger partial charge in [-0.05, 0) is 28.1 Å². The second kappa shape index (κ2) is 4.47. The molecule has 2 N–H and O–H groups in total. The molecule has 2 aromatic heterocycles. The third kappa shape index (κ3) is 2.13. The van der Waals surface area contributed by atoms with E-state index in [0.29, 0.717) is 16.3 Å². The zero-order valence-electron chi connectivity index (χ0n) is 7.82. The normalized spacial score (nSPS) is 9.75. The molecule has 0 radical (unpaired) electrons. The maximum Gasteiger partial charge on any atom is 0.266 e. The molecule has 1 amide bonds. The van der Waals surface area contributed by atoms with Gasteiger partial charge >= 0.3 is 0 Å². The van der Waals surface area contributed by atoms with Gasteiger partial charge in [0.1, 0.15) is 17.5 Å². The molecule has 2 heterocycles. The van der Waals surface area contributed by atoms with Gasteiger partial charge in [-0.25, -0.2) is 0 Å². The summed E-state index contributed by atoms with van der Waals surface area (Å²) in [7, 11) is 0. The van der Waals surface area contributed by atoms with Crippen LogP contribution in [0.15, 0.2) is 22.1 Å². The summed E-state index contributed by atoms with van der Waals surface area (Å²) in [6.45, 7) is 0. The second-order valence-electron chi connectivity index (χ2n) is 2.83. The molecule has 16 heavy (non-hydrogen) atoms. The van der Waals surface area contributed by atoms with Gasteiger partial charge in [-0.3, -0.25) is 9.89 Å². The summed E-state index contributed by atoms with van der Waals surface area (Å²) in [5.41, 5.74) is 0.309. The number of hydrogen-bond acceptors (Lipinski definition) is 4. The highest BCUT2D eigenvalue weighted by atomic mass is 79.9. The highest BCUT2D eigenvalue weighted by Gasteiger charge is 2.12. The molecule has 80 valence electrons. The fourth-order valence-corrected chi connectivity index (χ4v) is 2.36. The fraction of sp³-hybridized carbons (Fsp3) is 0. The van der Waals surface area contributed by atoms with Crippen LogP contribution in [-0.4, -0.2) is 16.1 Å². The number of aromatic amines is 1. The Balaban J connectivity index is 2.17. The molecule has 0 aromatic carbocycles. The van der Waals surface area contributed by atoms with Crippen molar-refractivity contribution >= 4 is 39.0 Å². The lowest BCUT2D eigenvalue weighted by Crippen LogP contribution is -2.11. The van der Waals surface area contributed by atoms with Gasteiger partial charge in [0.25, 0.3) is 5.91 Å². The summed E-state index contributed by atoms with van der Waals surface area (Å²) in [5.74, 6) is 0.0495. The van der Waals surface area contributed by atoms with Crippen molar-refractivity contribution in [2.45, 2.75) is 0 Å². The maximum absolute atomic E-state index is 11.7. The van der Waals surface area contributed by atoms with Gasteiger partial charge in [-0.1, -0.05) is 0 Å². The SMILES string of the molecule is N#Cc1cn[nH]c1NC(=O)c1ccc(Br)s1. The highest BCUT2D eigenvalue weighted by Crippen LogP contribution is 2.23. The van der Waals surface area contributed by atoms with Gasteiger partial charge < -0.3 is 5.32 Å². The van der Waals surface area contributed by atoms with Crippen molar-refractivity contribution in [3.63, 3.8) is 0 Å². The first-order valence-electron chi connectivity index (χ1n) is 4.21. The monoisotopic (exact) mass is 296 g/mol. The molecule has 7 heteroatoms. The Kier molecular flexibility index (Phi) is 3.03. The van der Waals surface area contributed by atoms with E-state index in [-0.39, 0.29) is 5.91 Å². The molecule has 0 saturated carbocycles. The first-order chi connectivity index (χ1) is 7.70. The Morgan fingerprint density at radius 3 is 3.06 bits per heavy atom. The Morgan fingerprint density at radius 1 is 1.62 bits per heavy atom. The summed E-state index contributed by atoms with van der Waals surface area (Å²) in [6.07, 6.45) is 1.36. The average molecular weight is 297 g/mol. The number of nitriles is 1. The average Bonchev–Trinajstić information content (AvgIpc) is 2.86. The van der Waals surface area contributed by atoms with E-state index < -0.39 is 0 Å². The Morgan fingerprint density at radius 2 is 2.44 bits per heavy atom. The number of thiophene rings is 1. The van der Waals surface area contributed by atoms with Crippen LogP contribution < -0.4 is 5.32 Å². The van der Waals surface area contributed by atoms with Crippen LogP contribution in [0.1, 0.15) is 15.2 Å². The van der Waals surface area contributed by atoms with Crippen molar-refractivity contribution in [2.75, 3.05) is 5.32 Å². The van der Waals surface area contributed by atoms with Crippen LogP contribution >= 0.6 is 27.3 Å². The van der Waals surface area contributed by atoms with Crippen molar-refractivity contribution < 1.29 is 4.79 Å². The van der Waals surface area contributed by atoms with Crippen molar-refractivity contribution in [2.24, 2.45) is 0 Å². The molecule has 0 spiro atoms. The molecule has 0 saturated heterocycles.